The number of rotatable bonds is 15. The largest absolute Gasteiger partial charge is 0.459 e. The third kappa shape index (κ3) is 15.9. The Morgan fingerprint density at radius 1 is 0.802 bits per heavy atom. The fourth-order valence-electron chi connectivity index (χ4n) is 12.5. The average Bonchev–Trinajstić information content (AvgIpc) is 3.61. The van der Waals surface area contributed by atoms with Crippen LogP contribution in [0.15, 0.2) is 108 Å². The number of fused-ring (bicyclic) bond motifs is 1. The number of aromatic nitrogens is 1. The summed E-state index contributed by atoms with van der Waals surface area (Å²) in [6, 6.07) is 26.7. The van der Waals surface area contributed by atoms with Crippen molar-refractivity contribution in [3.05, 3.63) is 120 Å². The number of aliphatic imine (C=N–C) groups is 1. The number of hydrogen-bond acceptors (Lipinski definition) is 17. The summed E-state index contributed by atoms with van der Waals surface area (Å²) >= 11 is 0. The lowest BCUT2D eigenvalue weighted by Crippen LogP contribution is -2.62. The van der Waals surface area contributed by atoms with Gasteiger partial charge in [-0.2, -0.15) is 0 Å². The number of hydrogen-bond donors (Lipinski definition) is 2. The number of carbonyl (C=O) groups is 4. The molecule has 4 heterocycles. The van der Waals surface area contributed by atoms with Gasteiger partial charge in [0.15, 0.2) is 24.8 Å². The van der Waals surface area contributed by atoms with Crippen LogP contribution >= 0.6 is 0 Å². The summed E-state index contributed by atoms with van der Waals surface area (Å²) in [6.45, 7) is 22.9. The van der Waals surface area contributed by atoms with Crippen molar-refractivity contribution < 1.29 is 72.0 Å². The number of ether oxygens (including phenoxy) is 9. The van der Waals surface area contributed by atoms with Crippen molar-refractivity contribution in [2.24, 2.45) is 34.1 Å². The third-order valence-electron chi connectivity index (χ3n) is 17.6. The number of benzene rings is 3. The predicted molar refractivity (Wildman–Crippen MR) is 327 cm³/mol. The van der Waals surface area contributed by atoms with E-state index < -0.39 is 137 Å². The van der Waals surface area contributed by atoms with Crippen molar-refractivity contribution in [2.45, 2.75) is 200 Å². The van der Waals surface area contributed by atoms with Crippen LogP contribution in [0.5, 0.6) is 0 Å². The minimum atomic E-state index is -2.08. The van der Waals surface area contributed by atoms with Gasteiger partial charge in [-0.05, 0) is 123 Å². The van der Waals surface area contributed by atoms with Crippen LogP contribution in [-0.4, -0.2) is 162 Å². The molecular weight excluding hydrogens is 1100 g/mol. The number of cyclic esters (lactones) is 1. The lowest BCUT2D eigenvalue weighted by molar-refractivity contribution is -0.319. The molecule has 18 nitrogen and oxygen atoms in total. The lowest BCUT2D eigenvalue weighted by atomic mass is 9.73. The molecule has 0 bridgehead atoms. The first-order chi connectivity index (χ1) is 40.5. The fourth-order valence-corrected chi connectivity index (χ4v) is 12.5. The van der Waals surface area contributed by atoms with E-state index in [4.69, 9.17) is 47.6 Å². The van der Waals surface area contributed by atoms with E-state index in [0.29, 0.717) is 17.5 Å². The molecule has 0 spiro atoms. The number of aliphatic hydroxyl groups excluding tert-OH is 1. The third-order valence-corrected chi connectivity index (χ3v) is 17.6. The van der Waals surface area contributed by atoms with Crippen LogP contribution in [0.2, 0.25) is 0 Å². The maximum absolute atomic E-state index is 15.2. The number of methoxy groups -OCH3 is 1. The van der Waals surface area contributed by atoms with Crippen LogP contribution in [0.1, 0.15) is 142 Å². The standard InChI is InChI=1S/C68H93N3O15/c1-17-52-68(13,77)57(72)42(4)54(70-64(76)65(8,9)10)40(2)37-67(12,79-34-26-27-46-36-49-32-24-25-33-50(49)69-39-46)58(86-63-56(51(71(14)15)35-41(3)80-63)84-61(74)47-28-20-18-21-29-47)43(5)55(44(6)60(73)82-52)83-53-38-66(11,78-16)59(45(7)81-53)85-62(75)48-30-22-19-23-31-48/h18-33,36,39-45,51-53,55-59,63,72,77H,17,34-35,37-38H2,1-16H3/b27-26+,70-54?/t40-,41+,42+,43-,44+,45-,51-,52-,53?,55-,56+,57+,58+,59-,63?,66+,67-,68+/m0/s1. The molecule has 3 saturated heterocycles. The maximum atomic E-state index is 15.2. The highest BCUT2D eigenvalue weighted by Gasteiger charge is 2.55. The monoisotopic (exact) mass is 1190 g/mol. The van der Waals surface area contributed by atoms with Gasteiger partial charge >= 0.3 is 17.9 Å². The van der Waals surface area contributed by atoms with Crippen molar-refractivity contribution in [3.63, 3.8) is 0 Å². The minimum absolute atomic E-state index is 0.0135. The second kappa shape index (κ2) is 28.6. The van der Waals surface area contributed by atoms with Crippen molar-refractivity contribution in [3.8, 4) is 0 Å². The van der Waals surface area contributed by atoms with Crippen LogP contribution in [0.4, 0.5) is 0 Å². The Hall–Kier alpha value is -5.80. The molecule has 3 aliphatic rings. The summed E-state index contributed by atoms with van der Waals surface area (Å²) in [5.74, 6) is -6.17. The highest BCUT2D eigenvalue weighted by molar-refractivity contribution is 6.00. The Labute approximate surface area is 508 Å². The van der Waals surface area contributed by atoms with E-state index in [9.17, 15) is 24.6 Å². The summed E-state index contributed by atoms with van der Waals surface area (Å²) < 4.78 is 60.9. The van der Waals surface area contributed by atoms with E-state index in [2.05, 4.69) is 4.98 Å². The van der Waals surface area contributed by atoms with E-state index >= 15 is 4.79 Å². The van der Waals surface area contributed by atoms with E-state index in [1.54, 1.807) is 109 Å². The first-order valence-electron chi connectivity index (χ1n) is 30.3. The summed E-state index contributed by atoms with van der Waals surface area (Å²) in [5, 5.41) is 26.0. The van der Waals surface area contributed by atoms with Gasteiger partial charge in [0.05, 0.1) is 71.3 Å². The van der Waals surface area contributed by atoms with E-state index in [1.807, 2.05) is 102 Å². The van der Waals surface area contributed by atoms with Crippen molar-refractivity contribution in [1.29, 1.82) is 0 Å². The molecule has 1 aromatic heterocycles. The Morgan fingerprint density at radius 3 is 2.02 bits per heavy atom. The van der Waals surface area contributed by atoms with Gasteiger partial charge in [-0.1, -0.05) is 115 Å². The van der Waals surface area contributed by atoms with Crippen LogP contribution in [0.3, 0.4) is 0 Å². The van der Waals surface area contributed by atoms with Gasteiger partial charge in [-0.25, -0.2) is 14.6 Å². The summed E-state index contributed by atoms with van der Waals surface area (Å²) in [5.41, 5.74) is -3.12. The number of esters is 3. The predicted octanol–water partition coefficient (Wildman–Crippen LogP) is 10.2. The number of carbonyl (C=O) groups excluding carboxylic acids is 4. The molecule has 7 rings (SSSR count). The minimum Gasteiger partial charge on any atom is -0.459 e. The molecule has 0 radical (unpaired) electrons. The Morgan fingerprint density at radius 2 is 1.42 bits per heavy atom. The van der Waals surface area contributed by atoms with Gasteiger partial charge < -0.3 is 57.7 Å². The quantitative estimate of drug-likeness (QED) is 0.0835. The molecule has 2 unspecified atom stereocenters. The summed E-state index contributed by atoms with van der Waals surface area (Å²) in [7, 11) is 5.32. The zero-order valence-corrected chi connectivity index (χ0v) is 53.1. The van der Waals surface area contributed by atoms with Crippen LogP contribution in [-0.2, 0) is 52.2 Å². The topological polar surface area (TPSA) is 220 Å². The molecule has 1 amide bonds. The molecule has 3 fully saturated rings. The number of amides is 1. The Kier molecular flexibility index (Phi) is 22.5. The average molecular weight is 1190 g/mol. The molecule has 470 valence electrons. The number of nitrogens with zero attached hydrogens (tertiary/aromatic N) is 3. The number of pyridine rings is 1. The Balaban J connectivity index is 1.42. The van der Waals surface area contributed by atoms with Crippen LogP contribution in [0.25, 0.3) is 17.0 Å². The fraction of sp³-hybridized carbons (Fsp3) is 0.588. The maximum Gasteiger partial charge on any atom is 0.338 e. The zero-order chi connectivity index (χ0) is 63.1. The molecular formula is C68H93N3O15. The highest BCUT2D eigenvalue weighted by Crippen LogP contribution is 2.44. The van der Waals surface area contributed by atoms with Gasteiger partial charge in [0.2, 0.25) is 0 Å². The van der Waals surface area contributed by atoms with E-state index in [-0.39, 0.29) is 31.6 Å². The van der Waals surface area contributed by atoms with E-state index in [0.717, 1.165) is 16.5 Å². The van der Waals surface area contributed by atoms with Crippen molar-refractivity contribution in [2.75, 3.05) is 27.8 Å². The molecule has 3 aromatic carbocycles. The highest BCUT2D eigenvalue weighted by atomic mass is 16.7. The number of likely N-dealkylation sites (N-methyl/N-ethyl adjacent to an activating group) is 1. The van der Waals surface area contributed by atoms with Crippen LogP contribution < -0.4 is 0 Å². The van der Waals surface area contributed by atoms with Gasteiger partial charge in [-0.3, -0.25) is 14.6 Å². The molecule has 18 atom stereocenters. The molecule has 4 aromatic rings. The van der Waals surface area contributed by atoms with Crippen LogP contribution in [0, 0.1) is 29.1 Å². The Bertz CT molecular complexity index is 2990. The van der Waals surface area contributed by atoms with Crippen molar-refractivity contribution in [1.82, 2.24) is 9.88 Å². The first-order valence-corrected chi connectivity index (χ1v) is 30.3. The van der Waals surface area contributed by atoms with Gasteiger partial charge in [0.25, 0.3) is 5.91 Å². The number of aliphatic hydroxyl groups is 2. The van der Waals surface area contributed by atoms with E-state index in [1.165, 1.54) is 14.0 Å². The second-order valence-corrected chi connectivity index (χ2v) is 25.8. The molecule has 18 heteroatoms. The normalized spacial score (nSPS) is 34.8. The van der Waals surface area contributed by atoms with Crippen molar-refractivity contribution >= 4 is 46.5 Å². The van der Waals surface area contributed by atoms with Gasteiger partial charge in [-0.15, -0.1) is 0 Å². The molecule has 2 N–H and O–H groups in total. The smallest absolute Gasteiger partial charge is 0.338 e. The second-order valence-electron chi connectivity index (χ2n) is 25.8. The first kappa shape index (κ1) is 67.7. The SMILES string of the molecule is CC[C@@H]1OC(=O)[C@H](C)[C@@H](OC2C[C@@](C)(OC)[C@@H](OC(=O)c3ccccc3)[C@H](C)O2)[C@H](C)[C@@H](OC2O[C@H](C)C[C@H](N(C)C)[C@H]2OC(=O)c2ccccc2)[C@@](C)(OC/C=C/c2cnc3ccccc3c2)C[C@H](C)C(=NC(=O)C(C)(C)C)[C@@H](C)[C@@H](O)[C@]1(C)O. The molecule has 3 aliphatic heterocycles. The molecule has 0 saturated carbocycles. The molecule has 86 heavy (non-hydrogen) atoms. The van der Waals surface area contributed by atoms with Gasteiger partial charge in [0.1, 0.15) is 17.3 Å². The molecule has 0 aliphatic carbocycles. The summed E-state index contributed by atoms with van der Waals surface area (Å²) in [6.07, 6.45) is -4.69. The summed E-state index contributed by atoms with van der Waals surface area (Å²) in [4.78, 5) is 68.9. The van der Waals surface area contributed by atoms with Gasteiger partial charge in [0, 0.05) is 48.1 Å². The zero-order valence-electron chi connectivity index (χ0n) is 53.1. The lowest BCUT2D eigenvalue weighted by Gasteiger charge is -2.50. The number of para-hydroxylation sites is 1.